The normalized spacial score (nSPS) is 23.9. The molecule has 1 saturated carbocycles. The highest BCUT2D eigenvalue weighted by Crippen LogP contribution is 2.26. The van der Waals surface area contributed by atoms with Crippen molar-refractivity contribution in [2.45, 2.75) is 64.8 Å². The van der Waals surface area contributed by atoms with Crippen LogP contribution >= 0.6 is 0 Å². The van der Waals surface area contributed by atoms with Crippen LogP contribution in [0.5, 0.6) is 0 Å². The molecule has 3 heteroatoms. The van der Waals surface area contributed by atoms with E-state index in [1.165, 1.54) is 0 Å². The van der Waals surface area contributed by atoms with Crippen LogP contribution in [0.3, 0.4) is 0 Å². The second-order valence-corrected chi connectivity index (χ2v) is 5.23. The molecule has 0 spiro atoms. The van der Waals surface area contributed by atoms with E-state index in [-0.39, 0.29) is 12.0 Å². The molecule has 2 unspecified atom stereocenters. The van der Waals surface area contributed by atoms with Gasteiger partial charge in [-0.1, -0.05) is 33.1 Å². The maximum Gasteiger partial charge on any atom is 0.227 e. The van der Waals surface area contributed by atoms with Gasteiger partial charge in [-0.2, -0.15) is 0 Å². The van der Waals surface area contributed by atoms with Crippen molar-refractivity contribution < 1.29 is 4.79 Å². The molecule has 0 bridgehead atoms. The van der Waals surface area contributed by atoms with Crippen LogP contribution < -0.4 is 5.73 Å². The van der Waals surface area contributed by atoms with Crippen LogP contribution in [0, 0.1) is 5.92 Å². The minimum atomic E-state index is 0.101. The van der Waals surface area contributed by atoms with Crippen molar-refractivity contribution in [3.8, 4) is 0 Å². The molecule has 0 aromatic carbocycles. The van der Waals surface area contributed by atoms with Crippen molar-refractivity contribution in [2.75, 3.05) is 13.1 Å². The van der Waals surface area contributed by atoms with E-state index in [0.29, 0.717) is 5.91 Å². The second kappa shape index (κ2) is 7.70. The van der Waals surface area contributed by atoms with Gasteiger partial charge >= 0.3 is 0 Å². The Kier molecular flexibility index (Phi) is 6.56. The predicted molar refractivity (Wildman–Crippen MR) is 71.7 cm³/mol. The summed E-state index contributed by atoms with van der Waals surface area (Å²) in [4.78, 5) is 14.5. The van der Waals surface area contributed by atoms with Crippen molar-refractivity contribution in [1.29, 1.82) is 0 Å². The number of carbonyl (C=O) groups is 1. The molecule has 0 saturated heterocycles. The predicted octanol–water partition coefficient (Wildman–Crippen LogP) is 2.54. The lowest BCUT2D eigenvalue weighted by atomic mass is 10.0. The molecule has 2 atom stereocenters. The number of hydrogen-bond donors (Lipinski definition) is 1. The molecule has 1 fully saturated rings. The number of nitrogens with zero attached hydrogens (tertiary/aromatic N) is 1. The van der Waals surface area contributed by atoms with E-state index < -0.39 is 0 Å². The van der Waals surface area contributed by atoms with Crippen LogP contribution in [0.1, 0.15) is 58.8 Å². The molecule has 0 heterocycles. The fourth-order valence-electron chi connectivity index (χ4n) is 2.56. The highest BCUT2D eigenvalue weighted by molar-refractivity contribution is 5.79. The maximum atomic E-state index is 12.4. The Labute approximate surface area is 106 Å². The molecule has 0 aliphatic heterocycles. The van der Waals surface area contributed by atoms with E-state index in [9.17, 15) is 4.79 Å². The van der Waals surface area contributed by atoms with E-state index in [2.05, 4.69) is 18.7 Å². The zero-order chi connectivity index (χ0) is 12.7. The number of nitrogens with two attached hydrogens (primary N) is 1. The van der Waals surface area contributed by atoms with E-state index in [4.69, 9.17) is 5.73 Å². The fraction of sp³-hybridized carbons (Fsp3) is 0.929. The highest BCUT2D eigenvalue weighted by Gasteiger charge is 2.32. The number of amides is 1. The van der Waals surface area contributed by atoms with E-state index in [0.717, 1.165) is 58.0 Å². The van der Waals surface area contributed by atoms with Crippen molar-refractivity contribution >= 4 is 5.91 Å². The molecule has 1 rings (SSSR count). The number of unbranched alkanes of at least 4 members (excludes halogenated alkanes) is 2. The standard InChI is InChI=1S/C14H28N2O/c1-3-5-10-16(11-6-4-2)14(17)12-8-7-9-13(12)15/h12-13H,3-11,15H2,1-2H3. The Balaban J connectivity index is 2.51. The van der Waals surface area contributed by atoms with Crippen LogP contribution in [0.15, 0.2) is 0 Å². The highest BCUT2D eigenvalue weighted by atomic mass is 16.2. The average molecular weight is 240 g/mol. The first-order valence-corrected chi connectivity index (χ1v) is 7.25. The molecular formula is C14H28N2O. The van der Waals surface area contributed by atoms with Crippen LogP contribution in [0.2, 0.25) is 0 Å². The van der Waals surface area contributed by atoms with Gasteiger partial charge < -0.3 is 10.6 Å². The molecule has 0 radical (unpaired) electrons. The van der Waals surface area contributed by atoms with Gasteiger partial charge in [0.05, 0.1) is 5.92 Å². The summed E-state index contributed by atoms with van der Waals surface area (Å²) in [5.41, 5.74) is 6.03. The summed E-state index contributed by atoms with van der Waals surface area (Å²) in [6, 6.07) is 0.105. The third kappa shape index (κ3) is 4.30. The lowest BCUT2D eigenvalue weighted by molar-refractivity contribution is -0.135. The summed E-state index contributed by atoms with van der Waals surface area (Å²) in [6.07, 6.45) is 7.64. The first kappa shape index (κ1) is 14.5. The first-order chi connectivity index (χ1) is 8.20. The number of carbonyl (C=O) groups excluding carboxylic acids is 1. The summed E-state index contributed by atoms with van der Waals surface area (Å²) < 4.78 is 0. The molecule has 17 heavy (non-hydrogen) atoms. The van der Waals surface area contributed by atoms with Crippen LogP contribution in [-0.2, 0) is 4.79 Å². The van der Waals surface area contributed by atoms with Gasteiger partial charge in [-0.15, -0.1) is 0 Å². The van der Waals surface area contributed by atoms with Gasteiger partial charge in [-0.25, -0.2) is 0 Å². The second-order valence-electron chi connectivity index (χ2n) is 5.23. The molecule has 3 nitrogen and oxygen atoms in total. The van der Waals surface area contributed by atoms with Crippen LogP contribution in [0.4, 0.5) is 0 Å². The van der Waals surface area contributed by atoms with Gasteiger partial charge in [-0.3, -0.25) is 4.79 Å². The fourth-order valence-corrected chi connectivity index (χ4v) is 2.56. The average Bonchev–Trinajstić information content (AvgIpc) is 2.75. The summed E-state index contributed by atoms with van der Waals surface area (Å²) in [7, 11) is 0. The topological polar surface area (TPSA) is 46.3 Å². The van der Waals surface area contributed by atoms with Gasteiger partial charge in [-0.05, 0) is 25.7 Å². The largest absolute Gasteiger partial charge is 0.342 e. The van der Waals surface area contributed by atoms with Crippen molar-refractivity contribution in [3.63, 3.8) is 0 Å². The maximum absolute atomic E-state index is 12.4. The van der Waals surface area contributed by atoms with E-state index >= 15 is 0 Å². The van der Waals surface area contributed by atoms with Gasteiger partial charge in [0, 0.05) is 19.1 Å². The van der Waals surface area contributed by atoms with Crippen LogP contribution in [0.25, 0.3) is 0 Å². The first-order valence-electron chi connectivity index (χ1n) is 7.25. The lowest BCUT2D eigenvalue weighted by Gasteiger charge is -2.27. The minimum Gasteiger partial charge on any atom is -0.342 e. The third-order valence-corrected chi connectivity index (χ3v) is 3.76. The van der Waals surface area contributed by atoms with Crippen molar-refractivity contribution in [2.24, 2.45) is 11.7 Å². The van der Waals surface area contributed by atoms with E-state index in [1.807, 2.05) is 0 Å². The molecule has 100 valence electrons. The number of hydrogen-bond acceptors (Lipinski definition) is 2. The molecule has 1 aliphatic carbocycles. The lowest BCUT2D eigenvalue weighted by Crippen LogP contribution is -2.42. The zero-order valence-corrected chi connectivity index (χ0v) is 11.5. The Hall–Kier alpha value is -0.570. The third-order valence-electron chi connectivity index (χ3n) is 3.76. The molecule has 1 amide bonds. The summed E-state index contributed by atoms with van der Waals surface area (Å²) in [5.74, 6) is 0.417. The van der Waals surface area contributed by atoms with Gasteiger partial charge in [0.1, 0.15) is 0 Å². The SMILES string of the molecule is CCCCN(CCCC)C(=O)C1CCCC1N. The van der Waals surface area contributed by atoms with Gasteiger partial charge in [0.25, 0.3) is 0 Å². The minimum absolute atomic E-state index is 0.101. The monoisotopic (exact) mass is 240 g/mol. The quantitative estimate of drug-likeness (QED) is 0.743. The molecule has 0 aromatic heterocycles. The Morgan fingerprint density at radius 2 is 1.76 bits per heavy atom. The Morgan fingerprint density at radius 1 is 1.18 bits per heavy atom. The van der Waals surface area contributed by atoms with Gasteiger partial charge in [0.2, 0.25) is 5.91 Å². The molecule has 0 aromatic rings. The Bertz CT molecular complexity index is 222. The summed E-state index contributed by atoms with van der Waals surface area (Å²) in [5, 5.41) is 0. The molecule has 2 N–H and O–H groups in total. The summed E-state index contributed by atoms with van der Waals surface area (Å²) in [6.45, 7) is 6.17. The summed E-state index contributed by atoms with van der Waals surface area (Å²) >= 11 is 0. The molecular weight excluding hydrogens is 212 g/mol. The number of rotatable bonds is 7. The van der Waals surface area contributed by atoms with Crippen LogP contribution in [-0.4, -0.2) is 29.9 Å². The van der Waals surface area contributed by atoms with Crippen molar-refractivity contribution in [3.05, 3.63) is 0 Å². The van der Waals surface area contributed by atoms with E-state index in [1.54, 1.807) is 0 Å². The zero-order valence-electron chi connectivity index (χ0n) is 11.5. The molecule has 1 aliphatic rings. The smallest absolute Gasteiger partial charge is 0.227 e. The van der Waals surface area contributed by atoms with Gasteiger partial charge in [0.15, 0.2) is 0 Å². The van der Waals surface area contributed by atoms with Crippen molar-refractivity contribution in [1.82, 2.24) is 4.90 Å². The Morgan fingerprint density at radius 3 is 2.18 bits per heavy atom.